The summed E-state index contributed by atoms with van der Waals surface area (Å²) in [5.41, 5.74) is 0.243. The molecular formula is C18H20BrN3O3. The molecule has 3 heterocycles. The first-order valence-corrected chi connectivity index (χ1v) is 9.38. The van der Waals surface area contributed by atoms with Gasteiger partial charge in [0.05, 0.1) is 11.8 Å². The Morgan fingerprint density at radius 3 is 2.68 bits per heavy atom. The number of anilines is 1. The zero-order chi connectivity index (χ0) is 18.1. The van der Waals surface area contributed by atoms with Crippen LogP contribution in [0.4, 0.5) is 5.69 Å². The average molecular weight is 406 g/mol. The predicted octanol–water partition coefficient (Wildman–Crippen LogP) is 1.99. The van der Waals surface area contributed by atoms with Gasteiger partial charge in [0.2, 0.25) is 17.7 Å². The molecule has 2 saturated heterocycles. The molecule has 6 nitrogen and oxygen atoms in total. The Balaban J connectivity index is 1.89. The molecule has 0 aromatic heterocycles. The fourth-order valence-corrected chi connectivity index (χ4v) is 4.94. The Morgan fingerprint density at radius 1 is 1.28 bits per heavy atom. The summed E-state index contributed by atoms with van der Waals surface area (Å²) in [6.45, 7) is 5.70. The van der Waals surface area contributed by atoms with Crippen molar-refractivity contribution in [1.82, 2.24) is 10.2 Å². The second-order valence-corrected chi connectivity index (χ2v) is 8.11. The Hall–Kier alpha value is -1.73. The predicted molar refractivity (Wildman–Crippen MR) is 95.6 cm³/mol. The Labute approximate surface area is 154 Å². The van der Waals surface area contributed by atoms with Gasteiger partial charge in [-0.3, -0.25) is 24.6 Å². The van der Waals surface area contributed by atoms with E-state index in [-0.39, 0.29) is 29.8 Å². The van der Waals surface area contributed by atoms with Crippen LogP contribution in [-0.4, -0.2) is 34.7 Å². The van der Waals surface area contributed by atoms with E-state index >= 15 is 0 Å². The van der Waals surface area contributed by atoms with Crippen molar-refractivity contribution in [3.05, 3.63) is 28.2 Å². The first-order valence-electron chi connectivity index (χ1n) is 8.59. The van der Waals surface area contributed by atoms with Crippen molar-refractivity contribution in [3.63, 3.8) is 0 Å². The highest BCUT2D eigenvalue weighted by Crippen LogP contribution is 2.53. The van der Waals surface area contributed by atoms with Gasteiger partial charge in [0.25, 0.3) is 0 Å². The van der Waals surface area contributed by atoms with Crippen LogP contribution in [0.3, 0.4) is 0 Å². The lowest BCUT2D eigenvalue weighted by Crippen LogP contribution is -2.53. The van der Waals surface area contributed by atoms with Crippen LogP contribution in [0.1, 0.15) is 32.8 Å². The first kappa shape index (κ1) is 16.7. The van der Waals surface area contributed by atoms with Crippen LogP contribution in [0.25, 0.3) is 0 Å². The Morgan fingerprint density at radius 2 is 2.00 bits per heavy atom. The zero-order valence-electron chi connectivity index (χ0n) is 14.3. The Kier molecular flexibility index (Phi) is 3.60. The highest BCUT2D eigenvalue weighted by atomic mass is 79.9. The number of nitrogens with one attached hydrogen (secondary N) is 2. The van der Waals surface area contributed by atoms with E-state index in [1.807, 2.05) is 39.0 Å². The van der Waals surface area contributed by atoms with Gasteiger partial charge in [0.15, 0.2) is 0 Å². The third kappa shape index (κ3) is 1.96. The minimum Gasteiger partial charge on any atom is -0.324 e. The van der Waals surface area contributed by atoms with Crippen LogP contribution >= 0.6 is 15.9 Å². The number of imide groups is 1. The average Bonchev–Trinajstić information content (AvgIpc) is 3.12. The maximum atomic E-state index is 13.2. The normalized spacial score (nSPS) is 34.5. The van der Waals surface area contributed by atoms with Gasteiger partial charge in [0.1, 0.15) is 5.54 Å². The number of halogens is 1. The highest BCUT2D eigenvalue weighted by Gasteiger charge is 2.69. The molecule has 7 heteroatoms. The van der Waals surface area contributed by atoms with Gasteiger partial charge in [-0.1, -0.05) is 22.9 Å². The zero-order valence-corrected chi connectivity index (χ0v) is 15.9. The van der Waals surface area contributed by atoms with Crippen molar-refractivity contribution >= 4 is 39.3 Å². The molecule has 1 aromatic carbocycles. The second kappa shape index (κ2) is 5.38. The summed E-state index contributed by atoms with van der Waals surface area (Å²) < 4.78 is 0.829. The van der Waals surface area contributed by atoms with Crippen molar-refractivity contribution in [2.45, 2.75) is 44.8 Å². The molecule has 3 aliphatic rings. The molecule has 25 heavy (non-hydrogen) atoms. The number of likely N-dealkylation sites (tertiary alicyclic amines) is 1. The van der Waals surface area contributed by atoms with E-state index in [9.17, 15) is 14.4 Å². The number of fused-ring (bicyclic) bond motifs is 4. The number of amides is 3. The first-order chi connectivity index (χ1) is 11.8. The largest absolute Gasteiger partial charge is 0.324 e. The van der Waals surface area contributed by atoms with E-state index in [1.54, 1.807) is 0 Å². The monoisotopic (exact) mass is 405 g/mol. The van der Waals surface area contributed by atoms with Crippen molar-refractivity contribution < 1.29 is 14.4 Å². The molecule has 0 aliphatic carbocycles. The molecule has 5 atom stereocenters. The smallest absolute Gasteiger partial charge is 0.250 e. The number of nitrogens with zero attached hydrogens (tertiary/aromatic N) is 1. The van der Waals surface area contributed by atoms with Gasteiger partial charge < -0.3 is 5.32 Å². The van der Waals surface area contributed by atoms with Gasteiger partial charge in [-0.25, -0.2) is 0 Å². The number of hydrogen-bond donors (Lipinski definition) is 2. The SMILES string of the molecule is CC[C@@H](C)N1C(=O)[C@@H]2[C@H](C)N[C@@]3(C(=O)Nc4ccc(Br)cc43)[C@@H]2C1=O. The summed E-state index contributed by atoms with van der Waals surface area (Å²) in [6, 6.07) is 5.10. The maximum absolute atomic E-state index is 13.2. The van der Waals surface area contributed by atoms with Crippen LogP contribution in [0.2, 0.25) is 0 Å². The summed E-state index contributed by atoms with van der Waals surface area (Å²) in [5, 5.41) is 6.18. The van der Waals surface area contributed by atoms with Crippen LogP contribution in [0, 0.1) is 11.8 Å². The van der Waals surface area contributed by atoms with Crippen molar-refractivity contribution in [2.24, 2.45) is 11.8 Å². The minimum absolute atomic E-state index is 0.165. The summed E-state index contributed by atoms with van der Waals surface area (Å²) in [7, 11) is 0. The fraction of sp³-hybridized carbons (Fsp3) is 0.500. The third-order valence-electron chi connectivity index (χ3n) is 5.89. The summed E-state index contributed by atoms with van der Waals surface area (Å²) in [6.07, 6.45) is 0.695. The van der Waals surface area contributed by atoms with E-state index < -0.39 is 17.4 Å². The van der Waals surface area contributed by atoms with E-state index in [0.717, 1.165) is 10.0 Å². The molecular weight excluding hydrogens is 386 g/mol. The fourth-order valence-electron chi connectivity index (χ4n) is 4.58. The molecule has 3 amide bonds. The number of benzene rings is 1. The van der Waals surface area contributed by atoms with Crippen molar-refractivity contribution in [2.75, 3.05) is 5.32 Å². The molecule has 0 radical (unpaired) electrons. The summed E-state index contributed by atoms with van der Waals surface area (Å²) >= 11 is 3.45. The number of hydrogen-bond acceptors (Lipinski definition) is 4. The van der Waals surface area contributed by atoms with E-state index in [0.29, 0.717) is 12.1 Å². The molecule has 132 valence electrons. The summed E-state index contributed by atoms with van der Waals surface area (Å²) in [4.78, 5) is 40.5. The molecule has 0 bridgehead atoms. The minimum atomic E-state index is -1.18. The standard InChI is InChI=1S/C18H20BrN3O3/c1-4-8(2)22-15(23)13-9(3)21-18(14(13)16(22)24)11-7-10(19)5-6-12(11)20-17(18)25/h5-9,13-14,21H,4H2,1-3H3,(H,20,25)/t8-,9+,13-,14+,18-/m1/s1. The lowest BCUT2D eigenvalue weighted by molar-refractivity contribution is -0.145. The van der Waals surface area contributed by atoms with Gasteiger partial charge in [-0.05, 0) is 38.5 Å². The second-order valence-electron chi connectivity index (χ2n) is 7.19. The van der Waals surface area contributed by atoms with Crippen LogP contribution in [0.15, 0.2) is 22.7 Å². The van der Waals surface area contributed by atoms with Crippen molar-refractivity contribution in [3.8, 4) is 0 Å². The lowest BCUT2D eigenvalue weighted by Gasteiger charge is -2.30. The van der Waals surface area contributed by atoms with Gasteiger partial charge in [-0.15, -0.1) is 0 Å². The Bertz CT molecular complexity index is 811. The van der Waals surface area contributed by atoms with E-state index in [2.05, 4.69) is 26.6 Å². The van der Waals surface area contributed by atoms with Crippen LogP contribution in [-0.2, 0) is 19.9 Å². The molecule has 2 N–H and O–H groups in total. The van der Waals surface area contributed by atoms with Gasteiger partial charge in [-0.2, -0.15) is 0 Å². The third-order valence-corrected chi connectivity index (χ3v) is 6.38. The number of rotatable bonds is 2. The molecule has 2 fully saturated rings. The van der Waals surface area contributed by atoms with E-state index in [4.69, 9.17) is 0 Å². The van der Waals surface area contributed by atoms with Crippen LogP contribution < -0.4 is 10.6 Å². The maximum Gasteiger partial charge on any atom is 0.250 e. The molecule has 3 aliphatic heterocycles. The van der Waals surface area contributed by atoms with Gasteiger partial charge >= 0.3 is 0 Å². The topological polar surface area (TPSA) is 78.5 Å². The molecule has 1 spiro atoms. The lowest BCUT2D eigenvalue weighted by atomic mass is 9.76. The molecule has 1 aromatic rings. The quantitative estimate of drug-likeness (QED) is 0.737. The highest BCUT2D eigenvalue weighted by molar-refractivity contribution is 9.10. The van der Waals surface area contributed by atoms with Gasteiger partial charge in [0, 0.05) is 27.8 Å². The molecule has 4 rings (SSSR count). The number of carbonyl (C=O) groups excluding carboxylic acids is 3. The van der Waals surface area contributed by atoms with Crippen LogP contribution in [0.5, 0.6) is 0 Å². The van der Waals surface area contributed by atoms with E-state index in [1.165, 1.54) is 4.90 Å². The molecule has 0 unspecified atom stereocenters. The summed E-state index contributed by atoms with van der Waals surface area (Å²) in [5.74, 6) is -1.90. The number of carbonyl (C=O) groups is 3. The van der Waals surface area contributed by atoms with Crippen molar-refractivity contribution in [1.29, 1.82) is 0 Å². The molecule has 0 saturated carbocycles.